The van der Waals surface area contributed by atoms with Crippen molar-refractivity contribution in [1.29, 1.82) is 0 Å². The molecule has 15 heavy (non-hydrogen) atoms. The minimum absolute atomic E-state index is 0.355. The Morgan fingerprint density at radius 1 is 1.47 bits per heavy atom. The van der Waals surface area contributed by atoms with E-state index in [1.807, 2.05) is 25.1 Å². The zero-order valence-electron chi connectivity index (χ0n) is 8.20. The van der Waals surface area contributed by atoms with Crippen LogP contribution in [0.25, 0.3) is 5.69 Å². The Bertz CT molecular complexity index is 529. The third-order valence-corrected chi connectivity index (χ3v) is 2.43. The standard InChI is InChI=1S/C10H10ClN3O/c1-2-9-12-10(15)13-14(9)8-6-4-3-5-7(8)11/h3-6H,2H2,1H3,(H,13,15). The smallest absolute Gasteiger partial charge is 0.244 e. The van der Waals surface area contributed by atoms with Crippen molar-refractivity contribution in [3.05, 3.63) is 45.6 Å². The number of nitrogens with one attached hydrogen (secondary N) is 1. The molecule has 0 radical (unpaired) electrons. The van der Waals surface area contributed by atoms with Crippen LogP contribution in [0.5, 0.6) is 0 Å². The van der Waals surface area contributed by atoms with E-state index < -0.39 is 0 Å². The van der Waals surface area contributed by atoms with Gasteiger partial charge in [0.05, 0.1) is 10.7 Å². The highest BCUT2D eigenvalue weighted by Crippen LogP contribution is 2.19. The molecule has 0 bridgehead atoms. The second kappa shape index (κ2) is 3.90. The number of halogens is 1. The van der Waals surface area contributed by atoms with Crippen LogP contribution in [0.2, 0.25) is 5.02 Å². The van der Waals surface area contributed by atoms with Crippen LogP contribution in [-0.4, -0.2) is 14.8 Å². The fraction of sp³-hybridized carbons (Fsp3) is 0.200. The predicted molar refractivity (Wildman–Crippen MR) is 58.6 cm³/mol. The van der Waals surface area contributed by atoms with E-state index in [4.69, 9.17) is 11.6 Å². The average molecular weight is 224 g/mol. The molecule has 1 aromatic carbocycles. The Morgan fingerprint density at radius 3 is 2.87 bits per heavy atom. The quantitative estimate of drug-likeness (QED) is 0.844. The molecule has 1 N–H and O–H groups in total. The van der Waals surface area contributed by atoms with Crippen LogP contribution < -0.4 is 5.69 Å². The zero-order valence-corrected chi connectivity index (χ0v) is 8.95. The van der Waals surface area contributed by atoms with Gasteiger partial charge in [-0.2, -0.15) is 4.98 Å². The molecule has 2 rings (SSSR count). The molecule has 0 atom stereocenters. The summed E-state index contributed by atoms with van der Waals surface area (Å²) in [4.78, 5) is 15.0. The van der Waals surface area contributed by atoms with E-state index in [0.29, 0.717) is 17.3 Å². The van der Waals surface area contributed by atoms with E-state index in [1.54, 1.807) is 10.7 Å². The Balaban J connectivity index is 2.63. The van der Waals surface area contributed by atoms with Crippen molar-refractivity contribution in [1.82, 2.24) is 14.8 Å². The highest BCUT2D eigenvalue weighted by atomic mass is 35.5. The van der Waals surface area contributed by atoms with Gasteiger partial charge in [-0.1, -0.05) is 30.7 Å². The first-order valence-electron chi connectivity index (χ1n) is 4.65. The summed E-state index contributed by atoms with van der Waals surface area (Å²) in [6, 6.07) is 7.30. The summed E-state index contributed by atoms with van der Waals surface area (Å²) in [7, 11) is 0. The van der Waals surface area contributed by atoms with Gasteiger partial charge >= 0.3 is 5.69 Å². The maximum Gasteiger partial charge on any atom is 0.361 e. The molecule has 0 spiro atoms. The first-order chi connectivity index (χ1) is 7.22. The second-order valence-corrected chi connectivity index (χ2v) is 3.49. The molecule has 78 valence electrons. The molecule has 0 saturated carbocycles. The molecule has 0 amide bonds. The van der Waals surface area contributed by atoms with Crippen LogP contribution in [0.1, 0.15) is 12.7 Å². The lowest BCUT2D eigenvalue weighted by Gasteiger charge is -2.06. The third-order valence-electron chi connectivity index (χ3n) is 2.11. The van der Waals surface area contributed by atoms with E-state index >= 15 is 0 Å². The number of nitrogens with zero attached hydrogens (tertiary/aromatic N) is 2. The molecule has 4 nitrogen and oxygen atoms in total. The van der Waals surface area contributed by atoms with E-state index in [1.165, 1.54) is 0 Å². The topological polar surface area (TPSA) is 50.7 Å². The zero-order chi connectivity index (χ0) is 10.8. The largest absolute Gasteiger partial charge is 0.361 e. The molecule has 0 aliphatic carbocycles. The van der Waals surface area contributed by atoms with Crippen LogP contribution in [0.3, 0.4) is 0 Å². The van der Waals surface area contributed by atoms with Crippen molar-refractivity contribution in [2.45, 2.75) is 13.3 Å². The lowest BCUT2D eigenvalue weighted by atomic mass is 10.3. The van der Waals surface area contributed by atoms with Gasteiger partial charge in [0.1, 0.15) is 5.82 Å². The average Bonchev–Trinajstić information content (AvgIpc) is 2.60. The van der Waals surface area contributed by atoms with Crippen LogP contribution in [-0.2, 0) is 6.42 Å². The summed E-state index contributed by atoms with van der Waals surface area (Å²) in [5.74, 6) is 0.674. The summed E-state index contributed by atoms with van der Waals surface area (Å²) in [6.45, 7) is 1.93. The fourth-order valence-electron chi connectivity index (χ4n) is 1.42. The van der Waals surface area contributed by atoms with Gasteiger partial charge in [0.15, 0.2) is 0 Å². The molecule has 2 aromatic rings. The van der Waals surface area contributed by atoms with Crippen molar-refractivity contribution in [2.75, 3.05) is 0 Å². The van der Waals surface area contributed by atoms with Crippen LogP contribution >= 0.6 is 11.6 Å². The Labute approximate surface area is 91.5 Å². The molecular weight excluding hydrogens is 214 g/mol. The van der Waals surface area contributed by atoms with Gasteiger partial charge in [-0.05, 0) is 12.1 Å². The molecule has 1 heterocycles. The van der Waals surface area contributed by atoms with E-state index in [0.717, 1.165) is 5.69 Å². The molecule has 0 unspecified atom stereocenters. The molecular formula is C10H10ClN3O. The number of aromatic nitrogens is 3. The highest BCUT2D eigenvalue weighted by Gasteiger charge is 2.08. The lowest BCUT2D eigenvalue weighted by molar-refractivity contribution is 0.797. The van der Waals surface area contributed by atoms with Gasteiger partial charge in [-0.15, -0.1) is 0 Å². The number of hydrogen-bond donors (Lipinski definition) is 1. The predicted octanol–water partition coefficient (Wildman–Crippen LogP) is 1.78. The molecule has 0 aliphatic rings. The summed E-state index contributed by atoms with van der Waals surface area (Å²) >= 11 is 6.03. The minimum atomic E-state index is -0.355. The van der Waals surface area contributed by atoms with Crippen molar-refractivity contribution in [2.24, 2.45) is 0 Å². The Hall–Kier alpha value is -1.55. The van der Waals surface area contributed by atoms with E-state index in [9.17, 15) is 4.79 Å². The SMILES string of the molecule is CCc1nc(=O)[nH]n1-c1ccccc1Cl. The summed E-state index contributed by atoms with van der Waals surface area (Å²) < 4.78 is 1.62. The number of H-pyrrole nitrogens is 1. The molecule has 5 heteroatoms. The van der Waals surface area contributed by atoms with Crippen LogP contribution in [0.15, 0.2) is 29.1 Å². The Kier molecular flexibility index (Phi) is 2.60. The van der Waals surface area contributed by atoms with Gasteiger partial charge in [-0.3, -0.25) is 0 Å². The normalized spacial score (nSPS) is 10.5. The van der Waals surface area contributed by atoms with Crippen molar-refractivity contribution in [3.63, 3.8) is 0 Å². The van der Waals surface area contributed by atoms with E-state index in [-0.39, 0.29) is 5.69 Å². The molecule has 0 fully saturated rings. The number of aromatic amines is 1. The monoisotopic (exact) mass is 223 g/mol. The van der Waals surface area contributed by atoms with Gasteiger partial charge in [0.2, 0.25) is 0 Å². The van der Waals surface area contributed by atoms with Crippen LogP contribution in [0, 0.1) is 0 Å². The second-order valence-electron chi connectivity index (χ2n) is 3.09. The van der Waals surface area contributed by atoms with Crippen LogP contribution in [0.4, 0.5) is 0 Å². The maximum atomic E-state index is 11.1. The number of para-hydroxylation sites is 1. The fourth-order valence-corrected chi connectivity index (χ4v) is 1.64. The molecule has 0 aliphatic heterocycles. The van der Waals surface area contributed by atoms with E-state index in [2.05, 4.69) is 10.1 Å². The summed E-state index contributed by atoms with van der Waals surface area (Å²) in [5.41, 5.74) is 0.386. The molecule has 1 aromatic heterocycles. The first-order valence-corrected chi connectivity index (χ1v) is 5.03. The first kappa shape index (κ1) is 9.98. The van der Waals surface area contributed by atoms with Gasteiger partial charge in [0, 0.05) is 6.42 Å². The molecule has 0 saturated heterocycles. The number of aryl methyl sites for hydroxylation is 1. The van der Waals surface area contributed by atoms with Gasteiger partial charge < -0.3 is 0 Å². The lowest BCUT2D eigenvalue weighted by Crippen LogP contribution is -2.05. The van der Waals surface area contributed by atoms with Gasteiger partial charge in [0.25, 0.3) is 0 Å². The van der Waals surface area contributed by atoms with Crippen molar-refractivity contribution >= 4 is 11.6 Å². The van der Waals surface area contributed by atoms with Gasteiger partial charge in [-0.25, -0.2) is 14.6 Å². The number of hydrogen-bond acceptors (Lipinski definition) is 2. The minimum Gasteiger partial charge on any atom is -0.244 e. The summed E-state index contributed by atoms with van der Waals surface area (Å²) in [6.07, 6.45) is 0.671. The van der Waals surface area contributed by atoms with Crippen molar-refractivity contribution < 1.29 is 0 Å². The number of rotatable bonds is 2. The highest BCUT2D eigenvalue weighted by molar-refractivity contribution is 6.32. The Morgan fingerprint density at radius 2 is 2.20 bits per heavy atom. The maximum absolute atomic E-state index is 11.1. The third kappa shape index (κ3) is 1.80. The summed E-state index contributed by atoms with van der Waals surface area (Å²) in [5, 5.41) is 3.20. The number of benzene rings is 1. The van der Waals surface area contributed by atoms with Crippen molar-refractivity contribution in [3.8, 4) is 5.69 Å².